The molecule has 0 aliphatic heterocycles. The SMILES string of the molecule is CC1(CNC(=O)c2cc(I)ccc2Br)CC1. The Morgan fingerprint density at radius 3 is 2.88 bits per heavy atom. The number of rotatable bonds is 3. The Hall–Kier alpha value is -0.100. The smallest absolute Gasteiger partial charge is 0.252 e. The highest BCUT2D eigenvalue weighted by atomic mass is 127. The summed E-state index contributed by atoms with van der Waals surface area (Å²) in [6, 6.07) is 5.79. The summed E-state index contributed by atoms with van der Waals surface area (Å²) in [7, 11) is 0. The van der Waals surface area contributed by atoms with Crippen LogP contribution >= 0.6 is 38.5 Å². The number of nitrogens with one attached hydrogen (secondary N) is 1. The molecular weight excluding hydrogens is 381 g/mol. The minimum Gasteiger partial charge on any atom is -0.351 e. The van der Waals surface area contributed by atoms with Gasteiger partial charge in [-0.15, -0.1) is 0 Å². The zero-order valence-electron chi connectivity index (χ0n) is 9.02. The van der Waals surface area contributed by atoms with Crippen LogP contribution in [0, 0.1) is 8.99 Å². The lowest BCUT2D eigenvalue weighted by atomic mass is 10.1. The molecule has 1 aliphatic rings. The lowest BCUT2D eigenvalue weighted by molar-refractivity contribution is 0.0945. The third-order valence-corrected chi connectivity index (χ3v) is 4.31. The molecule has 1 aliphatic carbocycles. The van der Waals surface area contributed by atoms with E-state index in [0.29, 0.717) is 5.41 Å². The summed E-state index contributed by atoms with van der Waals surface area (Å²) in [4.78, 5) is 11.9. The predicted molar refractivity (Wildman–Crippen MR) is 76.5 cm³/mol. The Labute approximate surface area is 117 Å². The third-order valence-electron chi connectivity index (χ3n) is 2.95. The minimum atomic E-state index is 0.0125. The van der Waals surface area contributed by atoms with Crippen molar-refractivity contribution in [3.05, 3.63) is 31.8 Å². The Balaban J connectivity index is 2.05. The van der Waals surface area contributed by atoms with Crippen molar-refractivity contribution in [3.63, 3.8) is 0 Å². The number of amides is 1. The van der Waals surface area contributed by atoms with E-state index in [1.165, 1.54) is 12.8 Å². The van der Waals surface area contributed by atoms with E-state index in [1.807, 2.05) is 18.2 Å². The molecule has 16 heavy (non-hydrogen) atoms. The van der Waals surface area contributed by atoms with E-state index in [0.717, 1.165) is 20.2 Å². The summed E-state index contributed by atoms with van der Waals surface area (Å²) < 4.78 is 1.93. The number of hydrogen-bond donors (Lipinski definition) is 1. The first-order valence-electron chi connectivity index (χ1n) is 5.23. The monoisotopic (exact) mass is 393 g/mol. The van der Waals surface area contributed by atoms with Crippen LogP contribution in [0.15, 0.2) is 22.7 Å². The lowest BCUT2D eigenvalue weighted by Gasteiger charge is -2.11. The number of carbonyl (C=O) groups excluding carboxylic acids is 1. The zero-order valence-corrected chi connectivity index (χ0v) is 12.8. The average molecular weight is 394 g/mol. The van der Waals surface area contributed by atoms with Crippen LogP contribution in [0.4, 0.5) is 0 Å². The maximum absolute atomic E-state index is 11.9. The molecule has 1 fully saturated rings. The first-order valence-corrected chi connectivity index (χ1v) is 7.11. The average Bonchev–Trinajstić information content (AvgIpc) is 2.97. The van der Waals surface area contributed by atoms with E-state index >= 15 is 0 Å². The van der Waals surface area contributed by atoms with Crippen LogP contribution in [0.1, 0.15) is 30.1 Å². The van der Waals surface area contributed by atoms with Gasteiger partial charge in [0.1, 0.15) is 0 Å². The van der Waals surface area contributed by atoms with E-state index in [-0.39, 0.29) is 5.91 Å². The Morgan fingerprint density at radius 2 is 2.25 bits per heavy atom. The molecule has 2 nitrogen and oxygen atoms in total. The molecule has 1 aromatic carbocycles. The highest BCUT2D eigenvalue weighted by molar-refractivity contribution is 14.1. The molecule has 0 spiro atoms. The van der Waals surface area contributed by atoms with Gasteiger partial charge >= 0.3 is 0 Å². The molecule has 0 radical (unpaired) electrons. The molecular formula is C12H13BrINO. The summed E-state index contributed by atoms with van der Waals surface area (Å²) in [5, 5.41) is 3.00. The van der Waals surface area contributed by atoms with Crippen molar-refractivity contribution in [1.82, 2.24) is 5.32 Å². The van der Waals surface area contributed by atoms with Gasteiger partial charge in [0.2, 0.25) is 0 Å². The molecule has 1 saturated carbocycles. The lowest BCUT2D eigenvalue weighted by Crippen LogP contribution is -2.29. The van der Waals surface area contributed by atoms with Crippen LogP contribution in [0.25, 0.3) is 0 Å². The quantitative estimate of drug-likeness (QED) is 0.781. The van der Waals surface area contributed by atoms with E-state index in [4.69, 9.17) is 0 Å². The van der Waals surface area contributed by atoms with Gasteiger partial charge in [-0.25, -0.2) is 0 Å². The van der Waals surface area contributed by atoms with Crippen molar-refractivity contribution >= 4 is 44.4 Å². The molecule has 0 saturated heterocycles. The van der Waals surface area contributed by atoms with Gasteiger partial charge in [0.15, 0.2) is 0 Å². The van der Waals surface area contributed by atoms with Gasteiger partial charge in [-0.05, 0) is 75.0 Å². The van der Waals surface area contributed by atoms with Crippen LogP contribution in [0.5, 0.6) is 0 Å². The fourth-order valence-electron chi connectivity index (χ4n) is 1.45. The second-order valence-corrected chi connectivity index (χ2v) is 6.72. The molecule has 0 aromatic heterocycles. The summed E-state index contributed by atoms with van der Waals surface area (Å²) in [5.74, 6) is 0.0125. The van der Waals surface area contributed by atoms with E-state index in [1.54, 1.807) is 0 Å². The van der Waals surface area contributed by atoms with Crippen molar-refractivity contribution in [2.75, 3.05) is 6.54 Å². The highest BCUT2D eigenvalue weighted by Gasteiger charge is 2.37. The molecule has 86 valence electrons. The standard InChI is InChI=1S/C12H13BrINO/c1-12(4-5-12)7-15-11(16)9-6-8(14)2-3-10(9)13/h2-3,6H,4-5,7H2,1H3,(H,15,16). The van der Waals surface area contributed by atoms with E-state index in [2.05, 4.69) is 50.8 Å². The van der Waals surface area contributed by atoms with Crippen molar-refractivity contribution < 1.29 is 4.79 Å². The van der Waals surface area contributed by atoms with E-state index in [9.17, 15) is 4.79 Å². The van der Waals surface area contributed by atoms with Crippen LogP contribution in [0.2, 0.25) is 0 Å². The van der Waals surface area contributed by atoms with Gasteiger partial charge in [0.25, 0.3) is 5.91 Å². The molecule has 4 heteroatoms. The second kappa shape index (κ2) is 4.64. The molecule has 0 bridgehead atoms. The van der Waals surface area contributed by atoms with Crippen LogP contribution in [-0.2, 0) is 0 Å². The second-order valence-electron chi connectivity index (χ2n) is 4.62. The zero-order chi connectivity index (χ0) is 11.8. The Bertz CT molecular complexity index is 429. The largest absolute Gasteiger partial charge is 0.351 e. The first kappa shape index (κ1) is 12.4. The van der Waals surface area contributed by atoms with Gasteiger partial charge in [-0.3, -0.25) is 4.79 Å². The number of hydrogen-bond acceptors (Lipinski definition) is 1. The third kappa shape index (κ3) is 2.97. The van der Waals surface area contributed by atoms with Gasteiger partial charge in [0, 0.05) is 14.6 Å². The number of halogens is 2. The maximum Gasteiger partial charge on any atom is 0.252 e. The van der Waals surface area contributed by atoms with Crippen molar-refractivity contribution in [2.24, 2.45) is 5.41 Å². The molecule has 1 N–H and O–H groups in total. The van der Waals surface area contributed by atoms with Crippen molar-refractivity contribution in [2.45, 2.75) is 19.8 Å². The fourth-order valence-corrected chi connectivity index (χ4v) is 2.37. The van der Waals surface area contributed by atoms with Gasteiger partial charge in [-0.2, -0.15) is 0 Å². The molecule has 0 unspecified atom stereocenters. The summed E-state index contributed by atoms with van der Waals surface area (Å²) in [5.41, 5.74) is 1.07. The van der Waals surface area contributed by atoms with Crippen molar-refractivity contribution in [1.29, 1.82) is 0 Å². The maximum atomic E-state index is 11.9. The molecule has 0 atom stereocenters. The summed E-state index contributed by atoms with van der Waals surface area (Å²) >= 11 is 5.61. The first-order chi connectivity index (χ1) is 7.50. The predicted octanol–water partition coefficient (Wildman–Crippen LogP) is 3.58. The fraction of sp³-hybridized carbons (Fsp3) is 0.417. The van der Waals surface area contributed by atoms with Crippen molar-refractivity contribution in [3.8, 4) is 0 Å². The topological polar surface area (TPSA) is 29.1 Å². The molecule has 2 rings (SSSR count). The summed E-state index contributed by atoms with van der Waals surface area (Å²) in [6.45, 7) is 2.99. The van der Waals surface area contributed by atoms with E-state index < -0.39 is 0 Å². The highest BCUT2D eigenvalue weighted by Crippen LogP contribution is 2.44. The molecule has 0 heterocycles. The van der Waals surface area contributed by atoms with Crippen LogP contribution in [-0.4, -0.2) is 12.5 Å². The molecule has 1 aromatic rings. The normalized spacial score (nSPS) is 16.9. The number of benzene rings is 1. The Morgan fingerprint density at radius 1 is 1.56 bits per heavy atom. The molecule has 1 amide bonds. The summed E-state index contributed by atoms with van der Waals surface area (Å²) in [6.07, 6.45) is 2.45. The van der Waals surface area contributed by atoms with Crippen LogP contribution in [0.3, 0.4) is 0 Å². The van der Waals surface area contributed by atoms with Gasteiger partial charge < -0.3 is 5.32 Å². The van der Waals surface area contributed by atoms with Gasteiger partial charge in [-0.1, -0.05) is 6.92 Å². The van der Waals surface area contributed by atoms with Gasteiger partial charge in [0.05, 0.1) is 5.56 Å². The Kier molecular flexibility index (Phi) is 3.59. The van der Waals surface area contributed by atoms with Crippen LogP contribution < -0.4 is 5.32 Å². The number of carbonyl (C=O) groups is 1. The minimum absolute atomic E-state index is 0.0125.